The van der Waals surface area contributed by atoms with E-state index < -0.39 is 0 Å². The van der Waals surface area contributed by atoms with Crippen LogP contribution in [0.5, 0.6) is 0 Å². The van der Waals surface area contributed by atoms with Gasteiger partial charge in [0.2, 0.25) is 0 Å². The molecule has 0 saturated carbocycles. The number of furan rings is 3. The highest BCUT2D eigenvalue weighted by molar-refractivity contribution is 6.14. The highest BCUT2D eigenvalue weighted by Gasteiger charge is 2.22. The third-order valence-corrected chi connectivity index (χ3v) is 19.5. The highest BCUT2D eigenvalue weighted by Crippen LogP contribution is 2.43. The molecule has 0 amide bonds. The lowest BCUT2D eigenvalue weighted by atomic mass is 9.98. The first kappa shape index (κ1) is 61.8. The van der Waals surface area contributed by atoms with Crippen molar-refractivity contribution in [1.29, 1.82) is 0 Å². The zero-order chi connectivity index (χ0) is 69.6. The molecule has 0 aliphatic carbocycles. The first-order chi connectivity index (χ1) is 52.1. The van der Waals surface area contributed by atoms with Gasteiger partial charge in [0, 0.05) is 98.7 Å². The second kappa shape index (κ2) is 26.7. The van der Waals surface area contributed by atoms with E-state index in [-0.39, 0.29) is 0 Å². The lowest BCUT2D eigenvalue weighted by molar-refractivity contribution is 0.669. The van der Waals surface area contributed by atoms with Crippen molar-refractivity contribution in [2.75, 3.05) is 0 Å². The minimum Gasteiger partial charge on any atom is -0.455 e. The Morgan fingerprint density at radius 1 is 0.171 bits per heavy atom. The van der Waals surface area contributed by atoms with Gasteiger partial charge in [-0.15, -0.1) is 0 Å². The summed E-state index contributed by atoms with van der Waals surface area (Å²) in [5, 5.41) is 8.77. The van der Waals surface area contributed by atoms with Gasteiger partial charge in [0.25, 0.3) is 0 Å². The number of aromatic nitrogens is 6. The van der Waals surface area contributed by atoms with Gasteiger partial charge in [-0.3, -0.25) is 0 Å². The Morgan fingerprint density at radius 2 is 0.524 bits per heavy atom. The van der Waals surface area contributed by atoms with Crippen molar-refractivity contribution in [1.82, 2.24) is 29.9 Å². The zero-order valence-corrected chi connectivity index (χ0v) is 56.5. The van der Waals surface area contributed by atoms with Crippen molar-refractivity contribution in [2.45, 2.75) is 0 Å². The minimum atomic E-state index is 0.719. The highest BCUT2D eigenvalue weighted by atomic mass is 16.3. The molecule has 9 nitrogen and oxygen atoms in total. The van der Waals surface area contributed by atoms with Crippen LogP contribution in [0.2, 0.25) is 0 Å². The average Bonchev–Trinajstić information content (AvgIpc) is 1.80. The largest absolute Gasteiger partial charge is 0.455 e. The van der Waals surface area contributed by atoms with Gasteiger partial charge in [-0.2, -0.15) is 0 Å². The molecule has 21 aromatic rings. The van der Waals surface area contributed by atoms with E-state index in [1.54, 1.807) is 0 Å². The van der Waals surface area contributed by atoms with Crippen LogP contribution in [0.15, 0.2) is 377 Å². The van der Waals surface area contributed by atoms with E-state index in [0.29, 0.717) is 0 Å². The monoisotopic (exact) mass is 1340 g/mol. The number of benzene rings is 15. The molecule has 0 unspecified atom stereocenters. The zero-order valence-electron chi connectivity index (χ0n) is 56.5. The van der Waals surface area contributed by atoms with Crippen molar-refractivity contribution < 1.29 is 13.3 Å². The van der Waals surface area contributed by atoms with Gasteiger partial charge in [-0.05, 0) is 59.7 Å². The van der Waals surface area contributed by atoms with Crippen LogP contribution in [0.3, 0.4) is 0 Å². The summed E-state index contributed by atoms with van der Waals surface area (Å²) in [4.78, 5) is 30.4. The molecule has 0 N–H and O–H groups in total. The summed E-state index contributed by atoms with van der Waals surface area (Å²) in [5.41, 5.74) is 25.0. The maximum absolute atomic E-state index is 6.35. The lowest BCUT2D eigenvalue weighted by Crippen LogP contribution is -1.97. The molecule has 0 aliphatic heterocycles. The smallest absolute Gasteiger partial charge is 0.160 e. The summed E-state index contributed by atoms with van der Waals surface area (Å²) in [6, 6.07) is 124. The molecule has 0 spiro atoms. The predicted molar refractivity (Wildman–Crippen MR) is 429 cm³/mol. The molecule has 105 heavy (non-hydrogen) atoms. The van der Waals surface area contributed by atoms with Crippen LogP contribution in [-0.2, 0) is 0 Å². The molecule has 6 heterocycles. The standard InChI is InChI=1S/3C32H20N2O/c1-3-11-21(12-4-1)29-30(22-13-5-2-6-14-22)34-31-24(16-10-19-27(31)33-29)26-18-9-17-25-23-15-7-8-20-28(23)35-32(25)26;1-3-10-21(11-4-1)30-27-20-23(18-19-28(27)33-32(34-30)22-12-5-2-6-13-22)24-15-9-16-26-25-14-7-8-17-29(25)35-31(24)26;1-3-10-21(11-4-1)30-27-19-18-23(20-28(27)33-32(34-30)22-12-5-2-6-13-22)24-15-9-16-26-25-14-7-8-17-29(25)35-31(24)26/h3*1-20H. The molecule has 6 aromatic heterocycles. The van der Waals surface area contributed by atoms with Crippen LogP contribution in [-0.4, -0.2) is 29.9 Å². The summed E-state index contributed by atoms with van der Waals surface area (Å²) in [6.45, 7) is 0. The molecular weight excluding hydrogens is 1290 g/mol. The molecule has 0 radical (unpaired) electrons. The Balaban J connectivity index is 0.000000108. The van der Waals surface area contributed by atoms with Gasteiger partial charge in [-0.25, -0.2) is 29.9 Å². The molecular formula is C96H60N6O3. The normalized spacial score (nSPS) is 11.4. The summed E-state index contributed by atoms with van der Waals surface area (Å²) < 4.78 is 19.0. The van der Waals surface area contributed by atoms with E-state index in [1.165, 1.54) is 0 Å². The Hall–Kier alpha value is -14.3. The van der Waals surface area contributed by atoms with E-state index in [9.17, 15) is 0 Å². The van der Waals surface area contributed by atoms with Gasteiger partial charge < -0.3 is 13.3 Å². The fraction of sp³-hybridized carbons (Fsp3) is 0. The van der Waals surface area contributed by atoms with E-state index >= 15 is 0 Å². The van der Waals surface area contributed by atoms with E-state index in [4.69, 9.17) is 43.2 Å². The van der Waals surface area contributed by atoms with Crippen molar-refractivity contribution in [3.05, 3.63) is 364 Å². The number of hydrogen-bond acceptors (Lipinski definition) is 9. The third-order valence-electron chi connectivity index (χ3n) is 19.5. The minimum absolute atomic E-state index is 0.719. The van der Waals surface area contributed by atoms with Gasteiger partial charge >= 0.3 is 0 Å². The van der Waals surface area contributed by atoms with Gasteiger partial charge in [0.1, 0.15) is 33.5 Å². The topological polar surface area (TPSA) is 117 Å². The van der Waals surface area contributed by atoms with Crippen LogP contribution in [0.25, 0.3) is 200 Å². The summed E-state index contributed by atoms with van der Waals surface area (Å²) >= 11 is 0. The first-order valence-electron chi connectivity index (χ1n) is 35.1. The average molecular weight is 1350 g/mol. The van der Waals surface area contributed by atoms with Crippen LogP contribution >= 0.6 is 0 Å². The second-order valence-electron chi connectivity index (χ2n) is 25.9. The molecule has 0 atom stereocenters. The molecule has 492 valence electrons. The quantitative estimate of drug-likeness (QED) is 0.139. The summed E-state index contributed by atoms with van der Waals surface area (Å²) in [7, 11) is 0. The first-order valence-corrected chi connectivity index (χ1v) is 35.1. The number of fused-ring (bicyclic) bond motifs is 12. The maximum Gasteiger partial charge on any atom is 0.160 e. The number of nitrogens with zero attached hydrogens (tertiary/aromatic N) is 6. The van der Waals surface area contributed by atoms with E-state index in [1.807, 2.05) is 188 Å². The molecule has 9 heteroatoms. The van der Waals surface area contributed by atoms with Gasteiger partial charge in [0.15, 0.2) is 11.6 Å². The fourth-order valence-electron chi connectivity index (χ4n) is 14.5. The maximum atomic E-state index is 6.35. The van der Waals surface area contributed by atoms with Crippen molar-refractivity contribution in [2.24, 2.45) is 0 Å². The molecule has 0 fully saturated rings. The lowest BCUT2D eigenvalue weighted by Gasteiger charge is -2.13. The molecule has 0 aliphatic rings. The third kappa shape index (κ3) is 11.5. The fourth-order valence-corrected chi connectivity index (χ4v) is 14.5. The van der Waals surface area contributed by atoms with Gasteiger partial charge in [0.05, 0.1) is 44.8 Å². The summed E-state index contributed by atoms with van der Waals surface area (Å²) in [6.07, 6.45) is 0. The van der Waals surface area contributed by atoms with Crippen LogP contribution in [0, 0.1) is 0 Å². The molecule has 21 rings (SSSR count). The Bertz CT molecular complexity index is 6820. The van der Waals surface area contributed by atoms with Crippen molar-refractivity contribution in [3.8, 4) is 101 Å². The van der Waals surface area contributed by atoms with Crippen molar-refractivity contribution >= 4 is 98.7 Å². The molecule has 0 saturated heterocycles. The summed E-state index contributed by atoms with van der Waals surface area (Å²) in [5.74, 6) is 1.44. The van der Waals surface area contributed by atoms with E-state index in [2.05, 4.69) is 176 Å². The SMILES string of the molecule is c1ccc(-c2nc(-c3ccccc3)c3cc(-c4cccc5c4oc4ccccc45)ccc3n2)cc1.c1ccc(-c2nc(-c3ccccc3)c3ccc(-c4cccc5c4oc4ccccc45)cc3n2)cc1.c1ccc(-c2nc3cccc(-c4cccc5c4oc4ccccc45)c3nc2-c2ccccc2)cc1. The predicted octanol–water partition coefficient (Wildman–Crippen LogP) is 25.6. The van der Waals surface area contributed by atoms with Gasteiger partial charge in [-0.1, -0.05) is 315 Å². The van der Waals surface area contributed by atoms with Crippen LogP contribution < -0.4 is 0 Å². The number of para-hydroxylation sites is 7. The van der Waals surface area contributed by atoms with Crippen LogP contribution in [0.4, 0.5) is 0 Å². The molecule has 0 bridgehead atoms. The van der Waals surface area contributed by atoms with E-state index in [0.717, 1.165) is 200 Å². The Morgan fingerprint density at radius 3 is 1.01 bits per heavy atom. The molecule has 15 aromatic carbocycles. The number of hydrogen-bond donors (Lipinski definition) is 0. The van der Waals surface area contributed by atoms with Crippen LogP contribution in [0.1, 0.15) is 0 Å². The Labute approximate surface area is 603 Å². The second-order valence-corrected chi connectivity index (χ2v) is 25.9. The Kier molecular flexibility index (Phi) is 15.7. The van der Waals surface area contributed by atoms with Crippen molar-refractivity contribution in [3.63, 3.8) is 0 Å². The number of rotatable bonds is 9.